The van der Waals surface area contributed by atoms with E-state index in [1.54, 1.807) is 6.07 Å². The zero-order valence-corrected chi connectivity index (χ0v) is 12.4. The van der Waals surface area contributed by atoms with Crippen LogP contribution >= 0.6 is 0 Å². The summed E-state index contributed by atoms with van der Waals surface area (Å²) in [5.41, 5.74) is 4.23. The van der Waals surface area contributed by atoms with Gasteiger partial charge in [-0.1, -0.05) is 60.7 Å². The monoisotopic (exact) mass is 301 g/mol. The van der Waals surface area contributed by atoms with Crippen LogP contribution in [0.25, 0.3) is 23.3 Å². The van der Waals surface area contributed by atoms with Crippen LogP contribution in [0, 0.1) is 0 Å². The maximum absolute atomic E-state index is 10.9. The summed E-state index contributed by atoms with van der Waals surface area (Å²) in [5, 5.41) is 8.98. The maximum Gasteiger partial charge on any atom is 0.335 e. The van der Waals surface area contributed by atoms with Crippen LogP contribution in [0.4, 0.5) is 0 Å². The van der Waals surface area contributed by atoms with Gasteiger partial charge in [0.25, 0.3) is 0 Å². The molecule has 0 atom stereocenters. The molecule has 0 saturated heterocycles. The number of carboxylic acids is 1. The highest BCUT2D eigenvalue weighted by Gasteiger charge is 2.02. The lowest BCUT2D eigenvalue weighted by Crippen LogP contribution is -1.96. The molecule has 0 radical (unpaired) electrons. The van der Waals surface area contributed by atoms with Crippen molar-refractivity contribution in [3.8, 4) is 11.1 Å². The summed E-state index contributed by atoms with van der Waals surface area (Å²) in [6, 6.07) is 21.4. The van der Waals surface area contributed by atoms with E-state index >= 15 is 0 Å². The summed E-state index contributed by atoms with van der Waals surface area (Å²) in [6.45, 7) is 0. The number of carbonyl (C=O) groups is 1. The molecule has 0 spiro atoms. The molecule has 0 saturated carbocycles. The quantitative estimate of drug-likeness (QED) is 0.765. The van der Waals surface area contributed by atoms with Crippen LogP contribution < -0.4 is 0 Å². The van der Waals surface area contributed by atoms with Gasteiger partial charge in [0, 0.05) is 6.20 Å². The molecule has 2 aromatic carbocycles. The van der Waals surface area contributed by atoms with Crippen molar-refractivity contribution in [1.82, 2.24) is 4.98 Å². The molecule has 0 unspecified atom stereocenters. The summed E-state index contributed by atoms with van der Waals surface area (Å²) in [4.78, 5) is 15.1. The Morgan fingerprint density at radius 2 is 1.57 bits per heavy atom. The van der Waals surface area contributed by atoms with E-state index in [1.807, 2.05) is 42.5 Å². The Hall–Kier alpha value is -3.20. The topological polar surface area (TPSA) is 50.2 Å². The second-order valence-corrected chi connectivity index (χ2v) is 5.10. The van der Waals surface area contributed by atoms with E-state index < -0.39 is 5.97 Å². The molecule has 3 nitrogen and oxygen atoms in total. The smallest absolute Gasteiger partial charge is 0.335 e. The first-order chi connectivity index (χ1) is 11.2. The first kappa shape index (κ1) is 14.7. The van der Waals surface area contributed by atoms with Crippen molar-refractivity contribution in [3.63, 3.8) is 0 Å². The Balaban J connectivity index is 1.78. The van der Waals surface area contributed by atoms with Crippen molar-refractivity contribution in [1.29, 1.82) is 0 Å². The molecule has 0 aliphatic rings. The molecule has 0 bridgehead atoms. The molecule has 0 aliphatic heterocycles. The van der Waals surface area contributed by atoms with Gasteiger partial charge in [0.15, 0.2) is 0 Å². The van der Waals surface area contributed by atoms with E-state index in [4.69, 9.17) is 5.11 Å². The summed E-state index contributed by atoms with van der Waals surface area (Å²) >= 11 is 0. The fraction of sp³-hybridized carbons (Fsp3) is 0. The molecule has 0 fully saturated rings. The van der Waals surface area contributed by atoms with Gasteiger partial charge in [0.1, 0.15) is 0 Å². The van der Waals surface area contributed by atoms with Crippen molar-refractivity contribution in [3.05, 3.63) is 89.7 Å². The lowest BCUT2D eigenvalue weighted by Gasteiger charge is -2.02. The zero-order valence-electron chi connectivity index (χ0n) is 12.4. The predicted octanol–water partition coefficient (Wildman–Crippen LogP) is 4.62. The van der Waals surface area contributed by atoms with Gasteiger partial charge in [-0.15, -0.1) is 0 Å². The molecule has 1 N–H and O–H groups in total. The van der Waals surface area contributed by atoms with Crippen molar-refractivity contribution in [2.24, 2.45) is 0 Å². The Morgan fingerprint density at radius 3 is 2.26 bits per heavy atom. The van der Waals surface area contributed by atoms with Crippen LogP contribution in [0.5, 0.6) is 0 Å². The van der Waals surface area contributed by atoms with Gasteiger partial charge in [0.2, 0.25) is 0 Å². The van der Waals surface area contributed by atoms with Crippen molar-refractivity contribution in [2.75, 3.05) is 0 Å². The molecular formula is C20H15NO2. The second-order valence-electron chi connectivity index (χ2n) is 5.10. The van der Waals surface area contributed by atoms with E-state index in [9.17, 15) is 4.79 Å². The SMILES string of the molecule is O=C(O)c1ccnc(C=Cc2ccc(-c3ccccc3)cc2)c1. The van der Waals surface area contributed by atoms with Gasteiger partial charge in [-0.3, -0.25) is 4.98 Å². The fourth-order valence-corrected chi connectivity index (χ4v) is 2.27. The van der Waals surface area contributed by atoms with Crippen LogP contribution in [-0.2, 0) is 0 Å². The van der Waals surface area contributed by atoms with Crippen molar-refractivity contribution in [2.45, 2.75) is 0 Å². The molecule has 1 aromatic heterocycles. The Bertz CT molecular complexity index is 837. The Kier molecular flexibility index (Phi) is 4.29. The minimum absolute atomic E-state index is 0.235. The summed E-state index contributed by atoms with van der Waals surface area (Å²) in [6.07, 6.45) is 5.23. The highest BCUT2D eigenvalue weighted by atomic mass is 16.4. The third kappa shape index (κ3) is 3.71. The normalized spacial score (nSPS) is 10.8. The van der Waals surface area contributed by atoms with Gasteiger partial charge in [-0.05, 0) is 34.9 Å². The van der Waals surface area contributed by atoms with Gasteiger partial charge in [-0.2, -0.15) is 0 Å². The van der Waals surface area contributed by atoms with Gasteiger partial charge in [-0.25, -0.2) is 4.79 Å². The summed E-state index contributed by atoms with van der Waals surface area (Å²) in [5.74, 6) is -0.950. The van der Waals surface area contributed by atoms with Gasteiger partial charge in [0.05, 0.1) is 11.3 Å². The average Bonchev–Trinajstić information content (AvgIpc) is 2.61. The first-order valence-corrected chi connectivity index (χ1v) is 7.25. The standard InChI is InChI=1S/C20H15NO2/c22-20(23)18-12-13-21-19(14-18)11-8-15-6-9-17(10-7-15)16-4-2-1-3-5-16/h1-14H,(H,22,23). The summed E-state index contributed by atoms with van der Waals surface area (Å²) < 4.78 is 0. The number of carboxylic acid groups (broad SMARTS) is 1. The molecule has 1 heterocycles. The van der Waals surface area contributed by atoms with E-state index in [-0.39, 0.29) is 5.56 Å². The zero-order chi connectivity index (χ0) is 16.1. The predicted molar refractivity (Wildman–Crippen MR) is 92.0 cm³/mol. The number of rotatable bonds is 4. The van der Waals surface area contributed by atoms with Gasteiger partial charge >= 0.3 is 5.97 Å². The van der Waals surface area contributed by atoms with Crippen molar-refractivity contribution >= 4 is 18.1 Å². The van der Waals surface area contributed by atoms with Crippen LogP contribution in [0.2, 0.25) is 0 Å². The number of hydrogen-bond donors (Lipinski definition) is 1. The van der Waals surface area contributed by atoms with Crippen molar-refractivity contribution < 1.29 is 9.90 Å². The molecule has 0 amide bonds. The number of aromatic carboxylic acids is 1. The van der Waals surface area contributed by atoms with E-state index in [2.05, 4.69) is 29.2 Å². The lowest BCUT2D eigenvalue weighted by atomic mass is 10.0. The molecular weight excluding hydrogens is 286 g/mol. The number of aromatic nitrogens is 1. The highest BCUT2D eigenvalue weighted by Crippen LogP contribution is 2.20. The minimum Gasteiger partial charge on any atom is -0.478 e. The molecule has 0 aliphatic carbocycles. The molecule has 112 valence electrons. The first-order valence-electron chi connectivity index (χ1n) is 7.25. The Labute approximate surface area is 134 Å². The number of benzene rings is 2. The third-order valence-electron chi connectivity index (χ3n) is 3.49. The van der Waals surface area contributed by atoms with Gasteiger partial charge < -0.3 is 5.11 Å². The highest BCUT2D eigenvalue weighted by molar-refractivity contribution is 5.88. The van der Waals surface area contributed by atoms with Crippen LogP contribution in [0.1, 0.15) is 21.6 Å². The molecule has 23 heavy (non-hydrogen) atoms. The Morgan fingerprint density at radius 1 is 0.870 bits per heavy atom. The van der Waals surface area contributed by atoms with E-state index in [0.29, 0.717) is 5.69 Å². The van der Waals surface area contributed by atoms with Crippen LogP contribution in [0.3, 0.4) is 0 Å². The van der Waals surface area contributed by atoms with Crippen LogP contribution in [0.15, 0.2) is 72.9 Å². The molecule has 3 rings (SSSR count). The van der Waals surface area contributed by atoms with Crippen LogP contribution in [-0.4, -0.2) is 16.1 Å². The number of nitrogens with zero attached hydrogens (tertiary/aromatic N) is 1. The molecule has 3 aromatic rings. The van der Waals surface area contributed by atoms with E-state index in [1.165, 1.54) is 17.8 Å². The third-order valence-corrected chi connectivity index (χ3v) is 3.49. The lowest BCUT2D eigenvalue weighted by molar-refractivity contribution is 0.0696. The fourth-order valence-electron chi connectivity index (χ4n) is 2.27. The molecule has 3 heteroatoms. The average molecular weight is 301 g/mol. The minimum atomic E-state index is -0.950. The number of hydrogen-bond acceptors (Lipinski definition) is 2. The van der Waals surface area contributed by atoms with E-state index in [0.717, 1.165) is 11.1 Å². The number of pyridine rings is 1. The largest absolute Gasteiger partial charge is 0.478 e. The second kappa shape index (κ2) is 6.71. The summed E-state index contributed by atoms with van der Waals surface area (Å²) in [7, 11) is 0. The maximum atomic E-state index is 10.9.